The maximum atomic E-state index is 11.8. The Morgan fingerprint density at radius 1 is 1.14 bits per heavy atom. The lowest BCUT2D eigenvalue weighted by molar-refractivity contribution is -0.117. The molecule has 0 bridgehead atoms. The lowest BCUT2D eigenvalue weighted by Gasteiger charge is -2.12. The Balaban J connectivity index is 2.94. The Labute approximate surface area is 121 Å². The molecule has 0 aromatic heterocycles. The smallest absolute Gasteiger partial charge is 0.335 e. The number of hydrogen-bond donors (Lipinski definition) is 4. The molecule has 0 spiro atoms. The largest absolute Gasteiger partial charge is 0.478 e. The Morgan fingerprint density at radius 3 is 2.10 bits per heavy atom. The lowest BCUT2D eigenvalue weighted by Crippen LogP contribution is -2.35. The van der Waals surface area contributed by atoms with Crippen LogP contribution in [0.5, 0.6) is 0 Å². The van der Waals surface area contributed by atoms with Crippen molar-refractivity contribution in [1.82, 2.24) is 0 Å². The minimum absolute atomic E-state index is 0.101. The van der Waals surface area contributed by atoms with Crippen LogP contribution in [0.2, 0.25) is 0 Å². The maximum absolute atomic E-state index is 11.8. The third-order valence-electron chi connectivity index (χ3n) is 2.90. The van der Waals surface area contributed by atoms with Crippen molar-refractivity contribution < 1.29 is 24.6 Å². The minimum Gasteiger partial charge on any atom is -0.478 e. The third-order valence-corrected chi connectivity index (χ3v) is 2.90. The van der Waals surface area contributed by atoms with Crippen molar-refractivity contribution in [3.8, 4) is 0 Å². The summed E-state index contributed by atoms with van der Waals surface area (Å²) in [5, 5.41) is 20.3. The zero-order chi connectivity index (χ0) is 16.0. The summed E-state index contributed by atoms with van der Waals surface area (Å²) in [7, 11) is 0. The molecule has 21 heavy (non-hydrogen) atoms. The second kappa shape index (κ2) is 7.39. The van der Waals surface area contributed by atoms with Gasteiger partial charge in [0.1, 0.15) is 0 Å². The Morgan fingerprint density at radius 2 is 1.67 bits per heavy atom. The number of anilines is 1. The van der Waals surface area contributed by atoms with E-state index in [0.717, 1.165) is 18.9 Å². The highest BCUT2D eigenvalue weighted by Crippen LogP contribution is 2.16. The molecule has 0 saturated carbocycles. The van der Waals surface area contributed by atoms with Gasteiger partial charge in [-0.05, 0) is 24.6 Å². The minimum atomic E-state index is -1.27. The Bertz CT molecular complexity index is 524. The number of nitrogens with one attached hydrogen (secondary N) is 1. The second-order valence-electron chi connectivity index (χ2n) is 4.65. The van der Waals surface area contributed by atoms with Crippen LogP contribution in [0.15, 0.2) is 18.2 Å². The average molecular weight is 294 g/mol. The van der Waals surface area contributed by atoms with Gasteiger partial charge in [-0.3, -0.25) is 4.79 Å². The summed E-state index contributed by atoms with van der Waals surface area (Å²) in [6.07, 6.45) is 2.20. The van der Waals surface area contributed by atoms with E-state index in [4.69, 9.17) is 15.9 Å². The van der Waals surface area contributed by atoms with Crippen LogP contribution in [-0.4, -0.2) is 34.1 Å². The monoisotopic (exact) mass is 294 g/mol. The van der Waals surface area contributed by atoms with Gasteiger partial charge in [-0.2, -0.15) is 0 Å². The van der Waals surface area contributed by atoms with Crippen LogP contribution in [0, 0.1) is 0 Å². The molecule has 5 N–H and O–H groups in total. The molecule has 0 radical (unpaired) electrons. The third kappa shape index (κ3) is 4.88. The number of rotatable bonds is 7. The number of nitrogens with two attached hydrogens (primary N) is 1. The number of aromatic carboxylic acids is 2. The standard InChI is InChI=1S/C14H18N2O5/c1-2-3-4-11(15)12(17)16-10-6-8(13(18)19)5-9(7-10)14(20)21/h5-7,11H,2-4,15H2,1H3,(H,16,17)(H,18,19)(H,20,21). The first-order chi connectivity index (χ1) is 9.85. The zero-order valence-corrected chi connectivity index (χ0v) is 11.6. The molecular weight excluding hydrogens is 276 g/mol. The molecule has 0 aliphatic rings. The molecule has 0 saturated heterocycles. The van der Waals surface area contributed by atoms with E-state index in [9.17, 15) is 14.4 Å². The molecule has 1 amide bonds. The molecule has 1 aromatic carbocycles. The van der Waals surface area contributed by atoms with Crippen LogP contribution in [0.4, 0.5) is 5.69 Å². The Hall–Kier alpha value is -2.41. The van der Waals surface area contributed by atoms with Crippen molar-refractivity contribution in [2.45, 2.75) is 32.2 Å². The zero-order valence-electron chi connectivity index (χ0n) is 11.6. The first-order valence-electron chi connectivity index (χ1n) is 6.53. The predicted molar refractivity (Wildman–Crippen MR) is 76.5 cm³/mol. The van der Waals surface area contributed by atoms with Gasteiger partial charge in [-0.15, -0.1) is 0 Å². The summed E-state index contributed by atoms with van der Waals surface area (Å²) in [4.78, 5) is 33.8. The number of carboxylic acid groups (broad SMARTS) is 2. The van der Waals surface area contributed by atoms with Crippen LogP contribution >= 0.6 is 0 Å². The molecule has 0 heterocycles. The van der Waals surface area contributed by atoms with E-state index >= 15 is 0 Å². The quantitative estimate of drug-likeness (QED) is 0.603. The van der Waals surface area contributed by atoms with Crippen LogP contribution in [0.1, 0.15) is 46.9 Å². The van der Waals surface area contributed by atoms with Gasteiger partial charge in [0.15, 0.2) is 0 Å². The molecular formula is C14H18N2O5. The highest BCUT2D eigenvalue weighted by Gasteiger charge is 2.16. The van der Waals surface area contributed by atoms with E-state index in [-0.39, 0.29) is 16.8 Å². The van der Waals surface area contributed by atoms with Crippen LogP contribution in [0.3, 0.4) is 0 Å². The van der Waals surface area contributed by atoms with Crippen molar-refractivity contribution in [2.75, 3.05) is 5.32 Å². The van der Waals surface area contributed by atoms with Crippen molar-refractivity contribution in [3.05, 3.63) is 29.3 Å². The van der Waals surface area contributed by atoms with Gasteiger partial charge in [0, 0.05) is 5.69 Å². The summed E-state index contributed by atoms with van der Waals surface area (Å²) in [5.41, 5.74) is 5.37. The Kier molecular flexibility index (Phi) is 5.86. The number of hydrogen-bond acceptors (Lipinski definition) is 4. The van der Waals surface area contributed by atoms with Gasteiger partial charge in [0.2, 0.25) is 5.91 Å². The number of amides is 1. The molecule has 0 aliphatic carbocycles. The van der Waals surface area contributed by atoms with Crippen molar-refractivity contribution in [2.24, 2.45) is 5.73 Å². The van der Waals surface area contributed by atoms with Gasteiger partial charge in [0.05, 0.1) is 17.2 Å². The molecule has 1 aromatic rings. The van der Waals surface area contributed by atoms with Crippen LogP contribution in [0.25, 0.3) is 0 Å². The van der Waals surface area contributed by atoms with E-state index in [2.05, 4.69) is 5.32 Å². The van der Waals surface area contributed by atoms with Crippen molar-refractivity contribution >= 4 is 23.5 Å². The maximum Gasteiger partial charge on any atom is 0.335 e. The summed E-state index contributed by atoms with van der Waals surface area (Å²) in [6.45, 7) is 1.97. The number of benzene rings is 1. The molecule has 0 fully saturated rings. The number of carboxylic acids is 2. The molecule has 7 nitrogen and oxygen atoms in total. The number of unbranched alkanes of at least 4 members (excludes halogenated alkanes) is 1. The van der Waals surface area contributed by atoms with Gasteiger partial charge in [-0.25, -0.2) is 9.59 Å². The first-order valence-corrected chi connectivity index (χ1v) is 6.53. The summed E-state index contributed by atoms with van der Waals surface area (Å²) < 4.78 is 0. The lowest BCUT2D eigenvalue weighted by atomic mass is 10.1. The van der Waals surface area contributed by atoms with Gasteiger partial charge < -0.3 is 21.3 Å². The van der Waals surface area contributed by atoms with E-state index in [1.54, 1.807) is 0 Å². The molecule has 1 rings (SSSR count). The first kappa shape index (κ1) is 16.6. The number of carbonyl (C=O) groups is 3. The van der Waals surface area contributed by atoms with Gasteiger partial charge in [0.25, 0.3) is 0 Å². The summed E-state index contributed by atoms with van der Waals surface area (Å²) >= 11 is 0. The van der Waals surface area contributed by atoms with Gasteiger partial charge in [-0.1, -0.05) is 19.8 Å². The van der Waals surface area contributed by atoms with Crippen LogP contribution < -0.4 is 11.1 Å². The molecule has 1 unspecified atom stereocenters. The van der Waals surface area contributed by atoms with Gasteiger partial charge >= 0.3 is 11.9 Å². The SMILES string of the molecule is CCCCC(N)C(=O)Nc1cc(C(=O)O)cc(C(=O)O)c1. The van der Waals surface area contributed by atoms with Crippen molar-refractivity contribution in [1.29, 1.82) is 0 Å². The summed E-state index contributed by atoms with van der Waals surface area (Å²) in [5.74, 6) is -3.02. The molecule has 0 aliphatic heterocycles. The second-order valence-corrected chi connectivity index (χ2v) is 4.65. The average Bonchev–Trinajstić information content (AvgIpc) is 2.44. The van der Waals surface area contributed by atoms with E-state index in [0.29, 0.717) is 6.42 Å². The fourth-order valence-electron chi connectivity index (χ4n) is 1.74. The highest BCUT2D eigenvalue weighted by molar-refractivity contribution is 5.99. The topological polar surface area (TPSA) is 130 Å². The molecule has 114 valence electrons. The number of carbonyl (C=O) groups excluding carboxylic acids is 1. The van der Waals surface area contributed by atoms with Crippen molar-refractivity contribution in [3.63, 3.8) is 0 Å². The molecule has 1 atom stereocenters. The van der Waals surface area contributed by atoms with E-state index < -0.39 is 23.9 Å². The fourth-order valence-corrected chi connectivity index (χ4v) is 1.74. The fraction of sp³-hybridized carbons (Fsp3) is 0.357. The highest BCUT2D eigenvalue weighted by atomic mass is 16.4. The summed E-state index contributed by atoms with van der Waals surface area (Å²) in [6, 6.07) is 2.70. The van der Waals surface area contributed by atoms with E-state index in [1.165, 1.54) is 12.1 Å². The van der Waals surface area contributed by atoms with E-state index in [1.807, 2.05) is 6.92 Å². The molecule has 7 heteroatoms. The normalized spacial score (nSPS) is 11.7. The van der Waals surface area contributed by atoms with Crippen LogP contribution in [-0.2, 0) is 4.79 Å². The predicted octanol–water partition coefficient (Wildman–Crippen LogP) is 1.54.